The predicted octanol–water partition coefficient (Wildman–Crippen LogP) is 1.43. The van der Waals surface area contributed by atoms with Crippen LogP contribution in [0.3, 0.4) is 0 Å². The van der Waals surface area contributed by atoms with Gasteiger partial charge >= 0.3 is 0 Å². The van der Waals surface area contributed by atoms with E-state index in [0.29, 0.717) is 32.2 Å². The van der Waals surface area contributed by atoms with Gasteiger partial charge in [0.25, 0.3) is 0 Å². The van der Waals surface area contributed by atoms with E-state index in [0.717, 1.165) is 25.7 Å². The van der Waals surface area contributed by atoms with Crippen LogP contribution >= 0.6 is 0 Å². The summed E-state index contributed by atoms with van der Waals surface area (Å²) in [5.41, 5.74) is -0.187. The van der Waals surface area contributed by atoms with Gasteiger partial charge in [-0.2, -0.15) is 0 Å². The highest BCUT2D eigenvalue weighted by Gasteiger charge is 2.42. The molecule has 3 heterocycles. The van der Waals surface area contributed by atoms with E-state index in [1.807, 2.05) is 11.8 Å². The van der Waals surface area contributed by atoms with Gasteiger partial charge in [-0.05, 0) is 19.8 Å². The van der Waals surface area contributed by atoms with Crippen molar-refractivity contribution in [2.24, 2.45) is 0 Å². The van der Waals surface area contributed by atoms with Crippen LogP contribution in [0.4, 0.5) is 0 Å². The zero-order chi connectivity index (χ0) is 16.8. The largest absolute Gasteiger partial charge is 0.473 e. The molecule has 2 saturated heterocycles. The van der Waals surface area contributed by atoms with Crippen LogP contribution in [0.2, 0.25) is 0 Å². The van der Waals surface area contributed by atoms with Crippen molar-refractivity contribution in [2.75, 3.05) is 32.9 Å². The van der Waals surface area contributed by atoms with Crippen molar-refractivity contribution >= 4 is 5.91 Å². The van der Waals surface area contributed by atoms with Gasteiger partial charge in [0.2, 0.25) is 11.8 Å². The average molecular weight is 335 g/mol. The zero-order valence-electron chi connectivity index (χ0n) is 14.1. The maximum Gasteiger partial charge on any atom is 0.248 e. The topological polar surface area (TPSA) is 73.8 Å². The second kappa shape index (κ2) is 7.90. The Morgan fingerprint density at radius 2 is 2.25 bits per heavy atom. The van der Waals surface area contributed by atoms with Crippen molar-refractivity contribution < 1.29 is 19.0 Å². The second-order valence-corrected chi connectivity index (χ2v) is 6.33. The van der Waals surface area contributed by atoms with Crippen molar-refractivity contribution in [2.45, 2.75) is 44.3 Å². The Kier molecular flexibility index (Phi) is 5.63. The third-order valence-electron chi connectivity index (χ3n) is 4.73. The van der Waals surface area contributed by atoms with Crippen molar-refractivity contribution in [3.63, 3.8) is 0 Å². The fourth-order valence-electron chi connectivity index (χ4n) is 3.39. The van der Waals surface area contributed by atoms with Crippen molar-refractivity contribution in [3.8, 4) is 5.88 Å². The fourth-order valence-corrected chi connectivity index (χ4v) is 3.39. The van der Waals surface area contributed by atoms with Crippen molar-refractivity contribution in [3.05, 3.63) is 18.6 Å². The Bertz CT molecular complexity index is 532. The molecule has 2 aliphatic heterocycles. The summed E-state index contributed by atoms with van der Waals surface area (Å²) in [6.45, 7) is 4.73. The van der Waals surface area contributed by atoms with Gasteiger partial charge in [0.15, 0.2) is 0 Å². The molecule has 1 atom stereocenters. The van der Waals surface area contributed by atoms with E-state index in [1.165, 1.54) is 0 Å². The van der Waals surface area contributed by atoms with E-state index in [9.17, 15) is 4.79 Å². The van der Waals surface area contributed by atoms with E-state index in [1.54, 1.807) is 18.6 Å². The highest BCUT2D eigenvalue weighted by Crippen LogP contribution is 2.36. The normalized spacial score (nSPS) is 23.2. The Morgan fingerprint density at radius 3 is 2.96 bits per heavy atom. The molecule has 24 heavy (non-hydrogen) atoms. The molecule has 0 aliphatic carbocycles. The van der Waals surface area contributed by atoms with Crippen LogP contribution in [-0.2, 0) is 14.3 Å². The number of ether oxygens (including phenoxy) is 3. The quantitative estimate of drug-likeness (QED) is 0.810. The molecule has 2 fully saturated rings. The average Bonchev–Trinajstić information content (AvgIpc) is 2.61. The minimum atomic E-state index is -0.187. The Balaban J connectivity index is 1.52. The molecule has 7 nitrogen and oxygen atoms in total. The summed E-state index contributed by atoms with van der Waals surface area (Å²) in [4.78, 5) is 22.1. The Labute approximate surface area is 142 Å². The second-order valence-electron chi connectivity index (χ2n) is 6.33. The Morgan fingerprint density at radius 1 is 1.42 bits per heavy atom. The number of carbonyl (C=O) groups is 1. The summed E-state index contributed by atoms with van der Waals surface area (Å²) >= 11 is 0. The van der Waals surface area contributed by atoms with E-state index < -0.39 is 0 Å². The van der Waals surface area contributed by atoms with Crippen LogP contribution in [-0.4, -0.2) is 65.4 Å². The van der Waals surface area contributed by atoms with Crippen LogP contribution in [0.25, 0.3) is 0 Å². The van der Waals surface area contributed by atoms with Crippen LogP contribution in [0.15, 0.2) is 18.6 Å². The number of aromatic nitrogens is 2. The van der Waals surface area contributed by atoms with Crippen LogP contribution in [0.5, 0.6) is 5.88 Å². The Hall–Kier alpha value is -1.73. The number of piperidine rings is 1. The summed E-state index contributed by atoms with van der Waals surface area (Å²) in [6, 6.07) is 0. The van der Waals surface area contributed by atoms with Crippen LogP contribution in [0.1, 0.15) is 32.6 Å². The predicted molar refractivity (Wildman–Crippen MR) is 86.7 cm³/mol. The standard InChI is InChI=1S/C17H25N3O4/c1-2-22-13-16(21)20-8-4-17(5-9-20)11-14(3-10-23-17)24-15-12-18-6-7-19-15/h6-7,12,14H,2-5,8-11,13H2,1H3. The number of carbonyl (C=O) groups excluding carboxylic acids is 1. The summed E-state index contributed by atoms with van der Waals surface area (Å²) in [6.07, 6.45) is 8.34. The smallest absolute Gasteiger partial charge is 0.248 e. The molecule has 0 aromatic carbocycles. The highest BCUT2D eigenvalue weighted by molar-refractivity contribution is 5.77. The minimum Gasteiger partial charge on any atom is -0.473 e. The monoisotopic (exact) mass is 335 g/mol. The molecule has 0 radical (unpaired) electrons. The minimum absolute atomic E-state index is 0.0647. The van der Waals surface area contributed by atoms with Gasteiger partial charge in [-0.1, -0.05) is 0 Å². The van der Waals surface area contributed by atoms with E-state index >= 15 is 0 Å². The summed E-state index contributed by atoms with van der Waals surface area (Å²) in [7, 11) is 0. The third kappa shape index (κ3) is 4.21. The number of amides is 1. The summed E-state index contributed by atoms with van der Waals surface area (Å²) in [5.74, 6) is 0.624. The zero-order valence-corrected chi connectivity index (χ0v) is 14.1. The van der Waals surface area contributed by atoms with Crippen LogP contribution in [0, 0.1) is 0 Å². The maximum atomic E-state index is 12.1. The van der Waals surface area contributed by atoms with Gasteiger partial charge in [0.05, 0.1) is 18.4 Å². The highest BCUT2D eigenvalue weighted by atomic mass is 16.5. The number of hydrogen-bond donors (Lipinski definition) is 0. The first-order chi connectivity index (χ1) is 11.7. The molecule has 1 spiro atoms. The number of likely N-dealkylation sites (tertiary alicyclic amines) is 1. The van der Waals surface area contributed by atoms with Crippen molar-refractivity contribution in [1.29, 1.82) is 0 Å². The van der Waals surface area contributed by atoms with Crippen molar-refractivity contribution in [1.82, 2.24) is 14.9 Å². The first-order valence-electron chi connectivity index (χ1n) is 8.63. The van der Waals surface area contributed by atoms with Gasteiger partial charge in [-0.15, -0.1) is 0 Å². The number of hydrogen-bond acceptors (Lipinski definition) is 6. The third-order valence-corrected chi connectivity index (χ3v) is 4.73. The maximum absolute atomic E-state index is 12.1. The fraction of sp³-hybridized carbons (Fsp3) is 0.706. The molecule has 1 amide bonds. The molecule has 1 aromatic rings. The molecular weight excluding hydrogens is 310 g/mol. The summed E-state index contributed by atoms with van der Waals surface area (Å²) < 4.78 is 17.3. The molecule has 0 N–H and O–H groups in total. The molecule has 1 unspecified atom stereocenters. The van der Waals surface area contributed by atoms with E-state index in [2.05, 4.69) is 9.97 Å². The first kappa shape index (κ1) is 17.1. The molecule has 3 rings (SSSR count). The van der Waals surface area contributed by atoms with E-state index in [4.69, 9.17) is 14.2 Å². The SMILES string of the molecule is CCOCC(=O)N1CCC2(CC1)CC(Oc1cnccn1)CCO2. The molecule has 0 bridgehead atoms. The number of rotatable bonds is 5. The number of nitrogens with zero attached hydrogens (tertiary/aromatic N) is 3. The lowest BCUT2D eigenvalue weighted by Gasteiger charge is -2.45. The van der Waals surface area contributed by atoms with Gasteiger partial charge in [0, 0.05) is 44.9 Å². The molecule has 0 saturated carbocycles. The molecule has 132 valence electrons. The molecule has 2 aliphatic rings. The van der Waals surface area contributed by atoms with Gasteiger partial charge < -0.3 is 19.1 Å². The van der Waals surface area contributed by atoms with E-state index in [-0.39, 0.29) is 24.2 Å². The first-order valence-corrected chi connectivity index (χ1v) is 8.63. The van der Waals surface area contributed by atoms with Gasteiger partial charge in [0.1, 0.15) is 12.7 Å². The molecule has 7 heteroatoms. The molecular formula is C17H25N3O4. The van der Waals surface area contributed by atoms with Gasteiger partial charge in [-0.3, -0.25) is 9.78 Å². The van der Waals surface area contributed by atoms with Gasteiger partial charge in [-0.25, -0.2) is 4.98 Å². The summed E-state index contributed by atoms with van der Waals surface area (Å²) in [5, 5.41) is 0. The molecule has 1 aromatic heterocycles. The van der Waals surface area contributed by atoms with Crippen LogP contribution < -0.4 is 4.74 Å². The lowest BCUT2D eigenvalue weighted by Crippen LogP contribution is -2.53. The lowest BCUT2D eigenvalue weighted by atomic mass is 9.83. The lowest BCUT2D eigenvalue weighted by molar-refractivity contribution is -0.154.